The van der Waals surface area contributed by atoms with Crippen LogP contribution in [0.3, 0.4) is 0 Å². The summed E-state index contributed by atoms with van der Waals surface area (Å²) < 4.78 is 7.25. The summed E-state index contributed by atoms with van der Waals surface area (Å²) >= 11 is 0. The molecule has 0 saturated heterocycles. The molecule has 1 atom stereocenters. The van der Waals surface area contributed by atoms with Crippen LogP contribution < -0.4 is 4.74 Å². The van der Waals surface area contributed by atoms with Gasteiger partial charge in [-0.1, -0.05) is 42.7 Å². The van der Waals surface area contributed by atoms with E-state index >= 15 is 0 Å². The Bertz CT molecular complexity index is 1250. The van der Waals surface area contributed by atoms with Crippen molar-refractivity contribution in [1.82, 2.24) is 19.9 Å². The van der Waals surface area contributed by atoms with E-state index in [9.17, 15) is 14.7 Å². The topological polar surface area (TPSA) is 97.6 Å². The van der Waals surface area contributed by atoms with E-state index in [1.807, 2.05) is 36.1 Å². The number of aliphatic carboxylic acids is 1. The Morgan fingerprint density at radius 3 is 2.58 bits per heavy atom. The first-order chi connectivity index (χ1) is 17.3. The maximum absolute atomic E-state index is 12.5. The lowest BCUT2D eigenvalue weighted by Gasteiger charge is -2.30. The van der Waals surface area contributed by atoms with Gasteiger partial charge in [-0.05, 0) is 60.1 Å². The van der Waals surface area contributed by atoms with E-state index in [2.05, 4.69) is 16.4 Å². The Hall–Kier alpha value is -3.42. The lowest BCUT2D eigenvalue weighted by molar-refractivity contribution is -0.137. The first-order valence-corrected chi connectivity index (χ1v) is 12.7. The van der Waals surface area contributed by atoms with E-state index in [-0.39, 0.29) is 12.3 Å². The molecule has 3 aromatic rings. The van der Waals surface area contributed by atoms with Gasteiger partial charge in [0, 0.05) is 33.0 Å². The largest absolute Gasteiger partial charge is 0.494 e. The minimum atomic E-state index is -0.886. The SMILES string of the molecule is COc1cc(C(CC(=O)O)c2ccc(C)c(CN(CC3CCCCC3)C(C)=O)c2)cc2nnn(C)c12. The second-order valence-corrected chi connectivity index (χ2v) is 10.0. The standard InChI is InChI=1S/C28H36N4O4/c1-18-10-11-21(12-23(18)17-32(19(2)33)16-20-8-6-5-7-9-20)24(15-27(34)35)22-13-25-28(26(14-22)36-4)31(3)30-29-25/h10-14,20,24H,5-9,15-17H2,1-4H3,(H,34,35). The fourth-order valence-corrected chi connectivity index (χ4v) is 5.40. The molecule has 1 aliphatic carbocycles. The molecule has 8 nitrogen and oxygen atoms in total. The Kier molecular flexibility index (Phi) is 7.91. The number of aryl methyl sites for hydroxylation is 2. The Morgan fingerprint density at radius 2 is 1.92 bits per heavy atom. The third-order valence-corrected chi connectivity index (χ3v) is 7.47. The summed E-state index contributed by atoms with van der Waals surface area (Å²) in [5.41, 5.74) is 5.25. The van der Waals surface area contributed by atoms with Crippen LogP contribution in [-0.2, 0) is 23.2 Å². The normalized spacial score (nSPS) is 15.1. The fraction of sp³-hybridized carbons (Fsp3) is 0.500. The van der Waals surface area contributed by atoms with Crippen LogP contribution in [-0.4, -0.2) is 50.5 Å². The number of rotatable bonds is 9. The van der Waals surface area contributed by atoms with E-state index in [1.54, 1.807) is 25.8 Å². The van der Waals surface area contributed by atoms with Gasteiger partial charge in [0.15, 0.2) is 0 Å². The first kappa shape index (κ1) is 25.7. The fourth-order valence-electron chi connectivity index (χ4n) is 5.40. The van der Waals surface area contributed by atoms with Crippen molar-refractivity contribution in [2.24, 2.45) is 13.0 Å². The second-order valence-electron chi connectivity index (χ2n) is 10.0. The smallest absolute Gasteiger partial charge is 0.304 e. The summed E-state index contributed by atoms with van der Waals surface area (Å²) in [6, 6.07) is 9.84. The van der Waals surface area contributed by atoms with Crippen LogP contribution in [0.25, 0.3) is 11.0 Å². The van der Waals surface area contributed by atoms with Crippen LogP contribution in [0.4, 0.5) is 0 Å². The number of carboxylic acids is 1. The van der Waals surface area contributed by atoms with Crippen molar-refractivity contribution in [1.29, 1.82) is 0 Å². The Labute approximate surface area is 212 Å². The third kappa shape index (κ3) is 5.69. The van der Waals surface area contributed by atoms with Gasteiger partial charge in [0.05, 0.1) is 13.5 Å². The molecule has 1 amide bonds. The van der Waals surface area contributed by atoms with E-state index in [4.69, 9.17) is 4.74 Å². The predicted molar refractivity (Wildman–Crippen MR) is 138 cm³/mol. The molecule has 1 heterocycles. The van der Waals surface area contributed by atoms with Crippen molar-refractivity contribution in [3.63, 3.8) is 0 Å². The molecular formula is C28H36N4O4. The molecule has 36 heavy (non-hydrogen) atoms. The average Bonchev–Trinajstić information content (AvgIpc) is 3.24. The lowest BCUT2D eigenvalue weighted by atomic mass is 9.86. The Morgan fingerprint density at radius 1 is 1.17 bits per heavy atom. The number of benzene rings is 2. The summed E-state index contributed by atoms with van der Waals surface area (Å²) in [7, 11) is 3.39. The van der Waals surface area contributed by atoms with Crippen molar-refractivity contribution >= 4 is 22.9 Å². The predicted octanol–water partition coefficient (Wildman–Crippen LogP) is 4.82. The van der Waals surface area contributed by atoms with Crippen molar-refractivity contribution in [3.05, 3.63) is 52.6 Å². The molecule has 0 bridgehead atoms. The van der Waals surface area contributed by atoms with Crippen LogP contribution in [0.2, 0.25) is 0 Å². The minimum Gasteiger partial charge on any atom is -0.494 e. The number of carbonyl (C=O) groups is 2. The van der Waals surface area contributed by atoms with Crippen molar-refractivity contribution in [3.8, 4) is 5.75 Å². The van der Waals surface area contributed by atoms with Crippen LogP contribution in [0.5, 0.6) is 5.75 Å². The highest BCUT2D eigenvalue weighted by Crippen LogP contribution is 2.35. The zero-order chi connectivity index (χ0) is 25.8. The zero-order valence-corrected chi connectivity index (χ0v) is 21.7. The number of carbonyl (C=O) groups excluding carboxylic acids is 1. The molecule has 1 fully saturated rings. The van der Waals surface area contributed by atoms with E-state index in [1.165, 1.54) is 32.1 Å². The number of nitrogens with zero attached hydrogens (tertiary/aromatic N) is 4. The maximum atomic E-state index is 12.5. The number of hydrogen-bond donors (Lipinski definition) is 1. The molecule has 0 spiro atoms. The van der Waals surface area contributed by atoms with Crippen molar-refractivity contribution < 1.29 is 19.4 Å². The number of methoxy groups -OCH3 is 1. The van der Waals surface area contributed by atoms with Gasteiger partial charge in [-0.3, -0.25) is 9.59 Å². The molecular weight excluding hydrogens is 456 g/mol. The summed E-state index contributed by atoms with van der Waals surface area (Å²) in [6.45, 7) is 4.98. The van der Waals surface area contributed by atoms with Crippen molar-refractivity contribution in [2.75, 3.05) is 13.7 Å². The highest BCUT2D eigenvalue weighted by Gasteiger charge is 2.24. The molecule has 1 aromatic heterocycles. The number of hydrogen-bond acceptors (Lipinski definition) is 5. The van der Waals surface area contributed by atoms with Gasteiger partial charge in [-0.2, -0.15) is 0 Å². The Balaban J connectivity index is 1.68. The molecule has 1 aliphatic rings. The summed E-state index contributed by atoms with van der Waals surface area (Å²) in [6.07, 6.45) is 6.04. The maximum Gasteiger partial charge on any atom is 0.304 e. The molecule has 4 rings (SSSR count). The van der Waals surface area contributed by atoms with Gasteiger partial charge in [0.1, 0.15) is 16.8 Å². The molecule has 0 radical (unpaired) electrons. The molecule has 1 saturated carbocycles. The molecule has 1 N–H and O–H groups in total. The molecule has 8 heteroatoms. The van der Waals surface area contributed by atoms with Crippen LogP contribution >= 0.6 is 0 Å². The number of ether oxygens (including phenoxy) is 1. The summed E-state index contributed by atoms with van der Waals surface area (Å²) in [5, 5.41) is 18.1. The second kappa shape index (κ2) is 11.1. The van der Waals surface area contributed by atoms with Gasteiger partial charge in [-0.25, -0.2) is 4.68 Å². The lowest BCUT2D eigenvalue weighted by Crippen LogP contribution is -2.34. The first-order valence-electron chi connectivity index (χ1n) is 12.7. The van der Waals surface area contributed by atoms with E-state index < -0.39 is 11.9 Å². The van der Waals surface area contributed by atoms with Gasteiger partial charge >= 0.3 is 5.97 Å². The van der Waals surface area contributed by atoms with Gasteiger partial charge in [-0.15, -0.1) is 5.10 Å². The molecule has 1 unspecified atom stereocenters. The van der Waals surface area contributed by atoms with E-state index in [0.29, 0.717) is 23.7 Å². The number of fused-ring (bicyclic) bond motifs is 1. The monoisotopic (exact) mass is 492 g/mol. The zero-order valence-electron chi connectivity index (χ0n) is 21.7. The van der Waals surface area contributed by atoms with Gasteiger partial charge < -0.3 is 14.7 Å². The van der Waals surface area contributed by atoms with Gasteiger partial charge in [0.2, 0.25) is 5.91 Å². The quantitative estimate of drug-likeness (QED) is 0.460. The van der Waals surface area contributed by atoms with Crippen LogP contribution in [0.1, 0.15) is 73.6 Å². The summed E-state index contributed by atoms with van der Waals surface area (Å²) in [5.74, 6) is -0.0513. The molecule has 192 valence electrons. The number of carboxylic acid groups (broad SMARTS) is 1. The third-order valence-electron chi connectivity index (χ3n) is 7.47. The van der Waals surface area contributed by atoms with Crippen LogP contribution in [0, 0.1) is 12.8 Å². The van der Waals surface area contributed by atoms with Gasteiger partial charge in [0.25, 0.3) is 0 Å². The minimum absolute atomic E-state index is 0.0735. The highest BCUT2D eigenvalue weighted by atomic mass is 16.5. The van der Waals surface area contributed by atoms with E-state index in [0.717, 1.165) is 34.3 Å². The molecule has 0 aliphatic heterocycles. The summed E-state index contributed by atoms with van der Waals surface area (Å²) in [4.78, 5) is 26.4. The number of aromatic nitrogens is 3. The number of amides is 1. The average molecular weight is 493 g/mol. The van der Waals surface area contributed by atoms with Crippen molar-refractivity contribution in [2.45, 2.75) is 64.8 Å². The molecule has 2 aromatic carbocycles. The van der Waals surface area contributed by atoms with Crippen LogP contribution in [0.15, 0.2) is 30.3 Å². The highest BCUT2D eigenvalue weighted by molar-refractivity contribution is 5.83.